The molecule has 28 heavy (non-hydrogen) atoms. The minimum Gasteiger partial charge on any atom is -0.397 e. The summed E-state index contributed by atoms with van der Waals surface area (Å²) in [5, 5.41) is 0. The summed E-state index contributed by atoms with van der Waals surface area (Å²) in [5.74, 6) is 12.7. The van der Waals surface area contributed by atoms with E-state index in [0.717, 1.165) is 16.7 Å². The first kappa shape index (κ1) is 19.0. The van der Waals surface area contributed by atoms with Crippen LogP contribution in [0.25, 0.3) is 0 Å². The Balaban J connectivity index is 2.03. The van der Waals surface area contributed by atoms with Crippen molar-refractivity contribution in [2.45, 2.75) is 19.8 Å². The van der Waals surface area contributed by atoms with E-state index in [1.165, 1.54) is 0 Å². The minimum absolute atomic E-state index is 0.175. The van der Waals surface area contributed by atoms with Gasteiger partial charge in [0.2, 0.25) is 0 Å². The predicted octanol–water partition coefficient (Wildman–Crippen LogP) is 4.59. The molecule has 0 saturated heterocycles. The molecule has 2 N–H and O–H groups in total. The van der Waals surface area contributed by atoms with Crippen molar-refractivity contribution in [1.29, 1.82) is 0 Å². The zero-order valence-corrected chi connectivity index (χ0v) is 15.8. The van der Waals surface area contributed by atoms with Crippen LogP contribution in [0.2, 0.25) is 0 Å². The van der Waals surface area contributed by atoms with Gasteiger partial charge in [-0.15, -0.1) is 0 Å². The Bertz CT molecular complexity index is 1010. The number of anilines is 1. The third-order valence-corrected chi connectivity index (χ3v) is 4.27. The van der Waals surface area contributed by atoms with Crippen LogP contribution in [0.1, 0.15) is 41.2 Å². The predicted molar refractivity (Wildman–Crippen MR) is 115 cm³/mol. The van der Waals surface area contributed by atoms with E-state index in [-0.39, 0.29) is 5.78 Å². The summed E-state index contributed by atoms with van der Waals surface area (Å²) in [6.45, 7) is 1.87. The molecule has 136 valence electrons. The number of ketones is 1. The lowest BCUT2D eigenvalue weighted by Gasteiger charge is -2.07. The van der Waals surface area contributed by atoms with Gasteiger partial charge in [-0.1, -0.05) is 67.0 Å². The molecule has 0 aromatic heterocycles. The van der Waals surface area contributed by atoms with Crippen LogP contribution in [0.15, 0.2) is 72.8 Å². The van der Waals surface area contributed by atoms with Gasteiger partial charge in [-0.3, -0.25) is 4.79 Å². The van der Waals surface area contributed by atoms with Crippen molar-refractivity contribution in [2.75, 3.05) is 5.73 Å². The van der Waals surface area contributed by atoms with Crippen LogP contribution in [-0.4, -0.2) is 5.78 Å². The standard InChI is InChI=1S/C26H21NO/c1-2-25(28)19-22-17-23(15-13-20-9-5-3-6-10-20)26(27)24(18-22)16-14-21-11-7-4-8-12-21/h3-12,17-18H,2,19,27H2,1H3. The van der Waals surface area contributed by atoms with Crippen LogP contribution in [0.4, 0.5) is 5.69 Å². The number of benzene rings is 3. The number of carbonyl (C=O) groups is 1. The molecule has 0 fully saturated rings. The Hall–Kier alpha value is -3.75. The number of hydrogen-bond donors (Lipinski definition) is 1. The molecule has 0 unspecified atom stereocenters. The van der Waals surface area contributed by atoms with E-state index in [1.807, 2.05) is 79.7 Å². The van der Waals surface area contributed by atoms with Crippen molar-refractivity contribution < 1.29 is 4.79 Å². The van der Waals surface area contributed by atoms with Crippen LogP contribution in [0.5, 0.6) is 0 Å². The van der Waals surface area contributed by atoms with Crippen LogP contribution in [0.3, 0.4) is 0 Å². The zero-order valence-electron chi connectivity index (χ0n) is 15.8. The average molecular weight is 363 g/mol. The highest BCUT2D eigenvalue weighted by Crippen LogP contribution is 2.20. The fraction of sp³-hybridized carbons (Fsp3) is 0.115. The Labute approximate surface area is 166 Å². The molecule has 0 heterocycles. The summed E-state index contributed by atoms with van der Waals surface area (Å²) in [4.78, 5) is 11.9. The minimum atomic E-state index is 0.175. The van der Waals surface area contributed by atoms with Gasteiger partial charge in [-0.2, -0.15) is 0 Å². The number of rotatable bonds is 3. The molecule has 0 saturated carbocycles. The smallest absolute Gasteiger partial charge is 0.136 e. The van der Waals surface area contributed by atoms with Crippen molar-refractivity contribution in [3.05, 3.63) is 101 Å². The third-order valence-electron chi connectivity index (χ3n) is 4.27. The molecule has 0 aliphatic rings. The fourth-order valence-electron chi connectivity index (χ4n) is 2.70. The first-order chi connectivity index (χ1) is 13.7. The molecule has 0 bridgehead atoms. The van der Waals surface area contributed by atoms with Crippen molar-refractivity contribution in [3.8, 4) is 23.7 Å². The van der Waals surface area contributed by atoms with Gasteiger partial charge in [0.15, 0.2) is 0 Å². The largest absolute Gasteiger partial charge is 0.397 e. The Kier molecular flexibility index (Phi) is 6.29. The Morgan fingerprint density at radius 3 is 1.68 bits per heavy atom. The lowest BCUT2D eigenvalue weighted by Crippen LogP contribution is -2.03. The first-order valence-electron chi connectivity index (χ1n) is 9.24. The van der Waals surface area contributed by atoms with Crippen molar-refractivity contribution in [2.24, 2.45) is 0 Å². The molecular formula is C26H21NO. The molecule has 2 heteroatoms. The van der Waals surface area contributed by atoms with Crippen molar-refractivity contribution in [1.82, 2.24) is 0 Å². The molecule has 3 rings (SSSR count). The fourth-order valence-corrected chi connectivity index (χ4v) is 2.70. The second kappa shape index (κ2) is 9.26. The number of nitrogen functional groups attached to an aromatic ring is 1. The van der Waals surface area contributed by atoms with Gasteiger partial charge in [0.05, 0.1) is 5.69 Å². The van der Waals surface area contributed by atoms with Gasteiger partial charge in [0.1, 0.15) is 5.78 Å². The van der Waals surface area contributed by atoms with E-state index in [4.69, 9.17) is 5.73 Å². The molecule has 0 aliphatic heterocycles. The van der Waals surface area contributed by atoms with Crippen LogP contribution in [-0.2, 0) is 11.2 Å². The van der Waals surface area contributed by atoms with Gasteiger partial charge < -0.3 is 5.73 Å². The maximum Gasteiger partial charge on any atom is 0.136 e. The maximum atomic E-state index is 11.9. The third kappa shape index (κ3) is 5.13. The summed E-state index contributed by atoms with van der Waals surface area (Å²) >= 11 is 0. The highest BCUT2D eigenvalue weighted by molar-refractivity contribution is 5.81. The number of carbonyl (C=O) groups excluding carboxylic acids is 1. The lowest BCUT2D eigenvalue weighted by atomic mass is 9.98. The molecule has 3 aromatic rings. The van der Waals surface area contributed by atoms with Gasteiger partial charge in [0, 0.05) is 35.1 Å². The molecule has 2 nitrogen and oxygen atoms in total. The molecule has 3 aromatic carbocycles. The number of Topliss-reactive ketones (excluding diaryl/α,β-unsaturated/α-hetero) is 1. The highest BCUT2D eigenvalue weighted by atomic mass is 16.1. The summed E-state index contributed by atoms with van der Waals surface area (Å²) in [6.07, 6.45) is 0.858. The van der Waals surface area contributed by atoms with E-state index in [0.29, 0.717) is 29.7 Å². The van der Waals surface area contributed by atoms with Gasteiger partial charge in [0.25, 0.3) is 0 Å². The number of nitrogens with two attached hydrogens (primary N) is 1. The lowest BCUT2D eigenvalue weighted by molar-refractivity contribution is -0.118. The second-order valence-corrected chi connectivity index (χ2v) is 6.41. The average Bonchev–Trinajstić information content (AvgIpc) is 2.74. The molecule has 0 aliphatic carbocycles. The summed E-state index contributed by atoms with van der Waals surface area (Å²) < 4.78 is 0. The van der Waals surface area contributed by atoms with Gasteiger partial charge >= 0.3 is 0 Å². The quantitative estimate of drug-likeness (QED) is 0.546. The summed E-state index contributed by atoms with van der Waals surface area (Å²) in [6, 6.07) is 23.3. The van der Waals surface area contributed by atoms with Crippen LogP contribution in [0, 0.1) is 23.7 Å². The molecule has 0 spiro atoms. The summed E-state index contributed by atoms with van der Waals surface area (Å²) in [7, 11) is 0. The number of hydrogen-bond acceptors (Lipinski definition) is 2. The first-order valence-corrected chi connectivity index (χ1v) is 9.24. The highest BCUT2D eigenvalue weighted by Gasteiger charge is 2.08. The van der Waals surface area contributed by atoms with Gasteiger partial charge in [-0.05, 0) is 42.0 Å². The zero-order chi connectivity index (χ0) is 19.8. The van der Waals surface area contributed by atoms with E-state index in [2.05, 4.69) is 23.7 Å². The normalized spacial score (nSPS) is 9.61. The van der Waals surface area contributed by atoms with Crippen LogP contribution >= 0.6 is 0 Å². The Morgan fingerprint density at radius 1 is 0.786 bits per heavy atom. The summed E-state index contributed by atoms with van der Waals surface area (Å²) in [5.41, 5.74) is 11.0. The van der Waals surface area contributed by atoms with Crippen LogP contribution < -0.4 is 5.73 Å². The molecule has 0 radical (unpaired) electrons. The van der Waals surface area contributed by atoms with Crippen molar-refractivity contribution >= 4 is 11.5 Å². The van der Waals surface area contributed by atoms with E-state index in [9.17, 15) is 4.79 Å². The topological polar surface area (TPSA) is 43.1 Å². The SMILES string of the molecule is CCC(=O)Cc1cc(C#Cc2ccccc2)c(N)c(C#Cc2ccccc2)c1. The Morgan fingerprint density at radius 2 is 1.25 bits per heavy atom. The molecule has 0 amide bonds. The monoisotopic (exact) mass is 363 g/mol. The van der Waals surface area contributed by atoms with E-state index in [1.54, 1.807) is 0 Å². The maximum absolute atomic E-state index is 11.9. The van der Waals surface area contributed by atoms with E-state index >= 15 is 0 Å². The van der Waals surface area contributed by atoms with Gasteiger partial charge in [-0.25, -0.2) is 0 Å². The second-order valence-electron chi connectivity index (χ2n) is 6.41. The molecule has 0 atom stereocenters. The molecular weight excluding hydrogens is 342 g/mol. The van der Waals surface area contributed by atoms with E-state index < -0.39 is 0 Å². The van der Waals surface area contributed by atoms with Crippen molar-refractivity contribution in [3.63, 3.8) is 0 Å².